The van der Waals surface area contributed by atoms with Crippen molar-refractivity contribution in [3.8, 4) is 0 Å². The van der Waals surface area contributed by atoms with E-state index in [1.807, 2.05) is 17.8 Å². The number of carbonyl (C=O) groups is 1. The number of aromatic nitrogens is 2. The first kappa shape index (κ1) is 14.1. The molecule has 96 valence electrons. The van der Waals surface area contributed by atoms with Gasteiger partial charge in [0.25, 0.3) is 0 Å². The second kappa shape index (κ2) is 7.37. The van der Waals surface area contributed by atoms with Gasteiger partial charge in [0, 0.05) is 19.4 Å². The summed E-state index contributed by atoms with van der Waals surface area (Å²) in [7, 11) is 1.96. The standard InChI is InChI=1S/C12H21N3OS/c1-4-6-10(12-13-7-8-15(12)3)14-11(16)9-17-5-2/h7-8,10H,4-6,9H2,1-3H3,(H,14,16). The maximum atomic E-state index is 11.7. The molecule has 1 aromatic heterocycles. The monoisotopic (exact) mass is 255 g/mol. The Bertz CT molecular complexity index is 351. The van der Waals surface area contributed by atoms with Gasteiger partial charge in [-0.2, -0.15) is 11.8 Å². The first-order chi connectivity index (χ1) is 8.19. The molecule has 1 N–H and O–H groups in total. The summed E-state index contributed by atoms with van der Waals surface area (Å²) in [6, 6.07) is 0.0324. The van der Waals surface area contributed by atoms with Gasteiger partial charge in [-0.15, -0.1) is 0 Å². The molecule has 0 aliphatic rings. The van der Waals surface area contributed by atoms with Crippen molar-refractivity contribution in [2.75, 3.05) is 11.5 Å². The van der Waals surface area contributed by atoms with Crippen molar-refractivity contribution >= 4 is 17.7 Å². The van der Waals surface area contributed by atoms with E-state index >= 15 is 0 Å². The van der Waals surface area contributed by atoms with E-state index in [9.17, 15) is 4.79 Å². The predicted octanol–water partition coefficient (Wildman–Crippen LogP) is 2.13. The molecule has 17 heavy (non-hydrogen) atoms. The first-order valence-electron chi connectivity index (χ1n) is 6.03. The van der Waals surface area contributed by atoms with Crippen LogP contribution in [0.25, 0.3) is 0 Å². The van der Waals surface area contributed by atoms with Crippen molar-refractivity contribution in [3.05, 3.63) is 18.2 Å². The smallest absolute Gasteiger partial charge is 0.230 e. The van der Waals surface area contributed by atoms with Crippen molar-refractivity contribution in [2.45, 2.75) is 32.7 Å². The number of hydrogen-bond acceptors (Lipinski definition) is 3. The van der Waals surface area contributed by atoms with Crippen molar-refractivity contribution < 1.29 is 4.79 Å². The van der Waals surface area contributed by atoms with Crippen molar-refractivity contribution in [2.24, 2.45) is 7.05 Å². The summed E-state index contributed by atoms with van der Waals surface area (Å²) in [5, 5.41) is 3.05. The molecule has 0 fully saturated rings. The van der Waals surface area contributed by atoms with Crippen molar-refractivity contribution in [1.29, 1.82) is 0 Å². The Hall–Kier alpha value is -0.970. The van der Waals surface area contributed by atoms with Gasteiger partial charge in [0.05, 0.1) is 11.8 Å². The highest BCUT2D eigenvalue weighted by molar-refractivity contribution is 7.99. The molecule has 5 heteroatoms. The molecule has 4 nitrogen and oxygen atoms in total. The summed E-state index contributed by atoms with van der Waals surface area (Å²) < 4.78 is 1.97. The van der Waals surface area contributed by atoms with Crippen LogP contribution in [0.5, 0.6) is 0 Å². The van der Waals surface area contributed by atoms with Crippen LogP contribution in [0.3, 0.4) is 0 Å². The first-order valence-corrected chi connectivity index (χ1v) is 7.18. The average Bonchev–Trinajstić information content (AvgIpc) is 2.72. The van der Waals surface area contributed by atoms with Gasteiger partial charge in [-0.05, 0) is 12.2 Å². The lowest BCUT2D eigenvalue weighted by molar-refractivity contribution is -0.119. The van der Waals surface area contributed by atoms with Crippen LogP contribution >= 0.6 is 11.8 Å². The molecule has 0 aliphatic carbocycles. The molecule has 0 aliphatic heterocycles. The third-order valence-corrected chi connectivity index (χ3v) is 3.39. The third kappa shape index (κ3) is 4.42. The minimum atomic E-state index is 0.0324. The minimum absolute atomic E-state index is 0.0324. The topological polar surface area (TPSA) is 46.9 Å². The summed E-state index contributed by atoms with van der Waals surface area (Å²) in [5.41, 5.74) is 0. The van der Waals surface area contributed by atoms with Crippen LogP contribution in [-0.2, 0) is 11.8 Å². The van der Waals surface area contributed by atoms with Crippen molar-refractivity contribution in [1.82, 2.24) is 14.9 Å². The molecule has 0 radical (unpaired) electrons. The maximum Gasteiger partial charge on any atom is 0.230 e. The largest absolute Gasteiger partial charge is 0.345 e. The lowest BCUT2D eigenvalue weighted by Crippen LogP contribution is -2.31. The zero-order valence-corrected chi connectivity index (χ0v) is 11.6. The van der Waals surface area contributed by atoms with E-state index in [1.165, 1.54) is 0 Å². The number of rotatable bonds is 7. The predicted molar refractivity (Wildman–Crippen MR) is 72.0 cm³/mol. The number of thioether (sulfide) groups is 1. The number of hydrogen-bond donors (Lipinski definition) is 1. The SMILES string of the molecule is CCCC(NC(=O)CSCC)c1nccn1C. The fraction of sp³-hybridized carbons (Fsp3) is 0.667. The number of nitrogens with zero attached hydrogens (tertiary/aromatic N) is 2. The molecule has 1 unspecified atom stereocenters. The van der Waals surface area contributed by atoms with Gasteiger partial charge in [-0.25, -0.2) is 4.98 Å². The normalized spacial score (nSPS) is 12.4. The quantitative estimate of drug-likeness (QED) is 0.812. The van der Waals surface area contributed by atoms with E-state index in [1.54, 1.807) is 18.0 Å². The molecule has 0 aromatic carbocycles. The highest BCUT2D eigenvalue weighted by atomic mass is 32.2. The van der Waals surface area contributed by atoms with Gasteiger partial charge >= 0.3 is 0 Å². The number of nitrogens with one attached hydrogen (secondary N) is 1. The molecule has 0 saturated carbocycles. The number of amides is 1. The van der Waals surface area contributed by atoms with Crippen LogP contribution in [0, 0.1) is 0 Å². The molecule has 1 rings (SSSR count). The van der Waals surface area contributed by atoms with Gasteiger partial charge in [0.1, 0.15) is 5.82 Å². The van der Waals surface area contributed by atoms with Crippen molar-refractivity contribution in [3.63, 3.8) is 0 Å². The summed E-state index contributed by atoms with van der Waals surface area (Å²) in [6.07, 6.45) is 5.63. The van der Waals surface area contributed by atoms with Crippen LogP contribution in [-0.4, -0.2) is 27.0 Å². The maximum absolute atomic E-state index is 11.7. The Morgan fingerprint density at radius 3 is 2.88 bits per heavy atom. The zero-order chi connectivity index (χ0) is 12.7. The molecular formula is C12H21N3OS. The molecule has 1 amide bonds. The van der Waals surface area contributed by atoms with Gasteiger partial charge in [-0.1, -0.05) is 20.3 Å². The highest BCUT2D eigenvalue weighted by Gasteiger charge is 2.17. The average molecular weight is 255 g/mol. The number of aryl methyl sites for hydroxylation is 1. The summed E-state index contributed by atoms with van der Waals surface area (Å²) in [6.45, 7) is 4.17. The summed E-state index contributed by atoms with van der Waals surface area (Å²) in [5.74, 6) is 2.52. The summed E-state index contributed by atoms with van der Waals surface area (Å²) in [4.78, 5) is 16.0. The molecule has 0 bridgehead atoms. The molecule has 1 aromatic rings. The van der Waals surface area contributed by atoms with Crippen LogP contribution in [0.15, 0.2) is 12.4 Å². The van der Waals surface area contributed by atoms with Crippen LogP contribution in [0.2, 0.25) is 0 Å². The number of imidazole rings is 1. The molecular weight excluding hydrogens is 234 g/mol. The number of carbonyl (C=O) groups excluding carboxylic acids is 1. The van der Waals surface area contributed by atoms with E-state index in [4.69, 9.17) is 0 Å². The lowest BCUT2D eigenvalue weighted by Gasteiger charge is -2.17. The fourth-order valence-electron chi connectivity index (χ4n) is 1.70. The van der Waals surface area contributed by atoms with Crippen LogP contribution in [0.4, 0.5) is 0 Å². The van der Waals surface area contributed by atoms with E-state index in [0.29, 0.717) is 5.75 Å². The Labute approximate surface area is 107 Å². The van der Waals surface area contributed by atoms with E-state index in [0.717, 1.165) is 24.4 Å². The molecule has 1 heterocycles. The summed E-state index contributed by atoms with van der Waals surface area (Å²) >= 11 is 1.64. The molecule has 0 saturated heterocycles. The second-order valence-electron chi connectivity index (χ2n) is 3.94. The highest BCUT2D eigenvalue weighted by Crippen LogP contribution is 2.16. The lowest BCUT2D eigenvalue weighted by atomic mass is 10.1. The Morgan fingerprint density at radius 2 is 2.35 bits per heavy atom. The van der Waals surface area contributed by atoms with Gasteiger partial charge in [0.2, 0.25) is 5.91 Å². The van der Waals surface area contributed by atoms with Gasteiger partial charge in [0.15, 0.2) is 0 Å². The van der Waals surface area contributed by atoms with Gasteiger partial charge in [-0.3, -0.25) is 4.79 Å². The Balaban J connectivity index is 2.61. The van der Waals surface area contributed by atoms with Crippen LogP contribution in [0.1, 0.15) is 38.6 Å². The Kier molecular flexibility index (Phi) is 6.11. The van der Waals surface area contributed by atoms with E-state index < -0.39 is 0 Å². The third-order valence-electron chi connectivity index (χ3n) is 2.52. The van der Waals surface area contributed by atoms with Gasteiger partial charge < -0.3 is 9.88 Å². The fourth-order valence-corrected chi connectivity index (χ4v) is 2.17. The van der Waals surface area contributed by atoms with E-state index in [2.05, 4.69) is 24.1 Å². The minimum Gasteiger partial charge on any atom is -0.345 e. The Morgan fingerprint density at radius 1 is 1.59 bits per heavy atom. The molecule has 0 spiro atoms. The second-order valence-corrected chi connectivity index (χ2v) is 5.22. The zero-order valence-electron chi connectivity index (χ0n) is 10.8. The van der Waals surface area contributed by atoms with E-state index in [-0.39, 0.29) is 11.9 Å². The molecule has 1 atom stereocenters. The van der Waals surface area contributed by atoms with Crippen LogP contribution < -0.4 is 5.32 Å².